The number of benzene rings is 6. The number of fused-ring (bicyclic) bond motifs is 4. The molecular formula is C37H29N3S. The highest BCUT2D eigenvalue weighted by Crippen LogP contribution is 2.39. The van der Waals surface area contributed by atoms with E-state index < -0.39 is 0 Å². The lowest BCUT2D eigenvalue weighted by molar-refractivity contribution is 0.204. The molecule has 41 heavy (non-hydrogen) atoms. The van der Waals surface area contributed by atoms with Gasteiger partial charge in [-0.05, 0) is 56.8 Å². The van der Waals surface area contributed by atoms with Crippen molar-refractivity contribution in [2.75, 3.05) is 0 Å². The minimum absolute atomic E-state index is 0.0301. The molecule has 0 radical (unpaired) electrons. The molecule has 4 heteroatoms. The van der Waals surface area contributed by atoms with Crippen LogP contribution in [0.4, 0.5) is 0 Å². The summed E-state index contributed by atoms with van der Waals surface area (Å²) in [6.07, 6.45) is -0.164. The van der Waals surface area contributed by atoms with Crippen LogP contribution in [0.5, 0.6) is 0 Å². The molecule has 3 nitrogen and oxygen atoms in total. The summed E-state index contributed by atoms with van der Waals surface area (Å²) >= 11 is 1.86. The van der Waals surface area contributed by atoms with E-state index in [2.05, 4.69) is 155 Å². The first-order chi connectivity index (χ1) is 20.3. The van der Waals surface area contributed by atoms with Gasteiger partial charge in [0.2, 0.25) is 0 Å². The highest BCUT2D eigenvalue weighted by Gasteiger charge is 2.31. The Morgan fingerprint density at radius 3 is 1.90 bits per heavy atom. The van der Waals surface area contributed by atoms with Crippen LogP contribution in [-0.4, -0.2) is 0 Å². The average Bonchev–Trinajstić information content (AvgIpc) is 3.43. The third kappa shape index (κ3) is 4.42. The van der Waals surface area contributed by atoms with Crippen molar-refractivity contribution in [2.45, 2.75) is 18.5 Å². The van der Waals surface area contributed by atoms with E-state index in [9.17, 15) is 0 Å². The van der Waals surface area contributed by atoms with Gasteiger partial charge >= 0.3 is 0 Å². The molecule has 0 saturated carbocycles. The van der Waals surface area contributed by atoms with Crippen LogP contribution in [-0.2, 0) is 0 Å². The molecule has 1 aliphatic rings. The van der Waals surface area contributed by atoms with Crippen LogP contribution >= 0.6 is 11.3 Å². The van der Waals surface area contributed by atoms with Crippen LogP contribution in [0.15, 0.2) is 140 Å². The van der Waals surface area contributed by atoms with Crippen LogP contribution in [0.1, 0.15) is 35.2 Å². The first-order valence-electron chi connectivity index (χ1n) is 14.1. The molecule has 0 bridgehead atoms. The van der Waals surface area contributed by atoms with Gasteiger partial charge in [0.1, 0.15) is 0 Å². The molecule has 2 heterocycles. The summed E-state index contributed by atoms with van der Waals surface area (Å²) in [4.78, 5) is 0. The minimum atomic E-state index is -0.0822. The molecule has 198 valence electrons. The SMILES string of the molecule is c1ccc(-c2c(C3NC(c4ccccc4)NC(c4ccc5sc6ccccc6c5c4)N3)ccc3ccccc23)cc1. The molecule has 7 aromatic rings. The molecule has 1 fully saturated rings. The van der Waals surface area contributed by atoms with Gasteiger partial charge in [-0.2, -0.15) is 0 Å². The fourth-order valence-corrected chi connectivity index (χ4v) is 7.32. The number of thiophene rings is 1. The third-order valence-electron chi connectivity index (χ3n) is 8.20. The molecule has 0 spiro atoms. The Morgan fingerprint density at radius 2 is 1.07 bits per heavy atom. The van der Waals surface area contributed by atoms with Crippen molar-refractivity contribution in [1.29, 1.82) is 0 Å². The maximum Gasteiger partial charge on any atom is 0.0870 e. The summed E-state index contributed by atoms with van der Waals surface area (Å²) in [7, 11) is 0. The number of hydrogen-bond donors (Lipinski definition) is 3. The summed E-state index contributed by atoms with van der Waals surface area (Å²) in [6, 6.07) is 50.3. The monoisotopic (exact) mass is 547 g/mol. The van der Waals surface area contributed by atoms with E-state index in [1.165, 1.54) is 58.8 Å². The van der Waals surface area contributed by atoms with Crippen molar-refractivity contribution >= 4 is 42.3 Å². The molecule has 3 N–H and O–H groups in total. The quantitative estimate of drug-likeness (QED) is 0.206. The summed E-state index contributed by atoms with van der Waals surface area (Å²) < 4.78 is 2.65. The summed E-state index contributed by atoms with van der Waals surface area (Å²) in [5.74, 6) is 0. The first kappa shape index (κ1) is 24.5. The molecule has 1 saturated heterocycles. The topological polar surface area (TPSA) is 36.1 Å². The Balaban J connectivity index is 1.27. The van der Waals surface area contributed by atoms with Crippen LogP contribution in [0.3, 0.4) is 0 Å². The van der Waals surface area contributed by atoms with Crippen molar-refractivity contribution in [3.8, 4) is 11.1 Å². The predicted octanol–water partition coefficient (Wildman–Crippen LogP) is 9.05. The smallest absolute Gasteiger partial charge is 0.0870 e. The first-order valence-corrected chi connectivity index (χ1v) is 14.9. The molecule has 8 rings (SSSR count). The molecule has 1 aromatic heterocycles. The Labute approximate surface area is 243 Å². The fraction of sp³-hybridized carbons (Fsp3) is 0.0811. The van der Waals surface area contributed by atoms with Gasteiger partial charge in [0.25, 0.3) is 0 Å². The zero-order chi connectivity index (χ0) is 27.2. The van der Waals surface area contributed by atoms with Gasteiger partial charge in [0.15, 0.2) is 0 Å². The van der Waals surface area contributed by atoms with Gasteiger partial charge in [-0.15, -0.1) is 11.3 Å². The molecule has 3 unspecified atom stereocenters. The maximum atomic E-state index is 3.95. The van der Waals surface area contributed by atoms with Gasteiger partial charge in [0, 0.05) is 20.2 Å². The fourth-order valence-electron chi connectivity index (χ4n) is 6.23. The minimum Gasteiger partial charge on any atom is -0.279 e. The second-order valence-corrected chi connectivity index (χ2v) is 11.8. The van der Waals surface area contributed by atoms with Gasteiger partial charge in [-0.1, -0.05) is 121 Å². The molecule has 1 aliphatic heterocycles. The van der Waals surface area contributed by atoms with E-state index in [0.717, 1.165) is 0 Å². The second-order valence-electron chi connectivity index (χ2n) is 10.7. The van der Waals surface area contributed by atoms with Gasteiger partial charge in [-0.25, -0.2) is 0 Å². The number of rotatable bonds is 4. The van der Waals surface area contributed by atoms with E-state index in [1.807, 2.05) is 11.3 Å². The lowest BCUT2D eigenvalue weighted by Gasteiger charge is -2.40. The van der Waals surface area contributed by atoms with Gasteiger partial charge in [0.05, 0.1) is 18.5 Å². The molecule has 0 aliphatic carbocycles. The lowest BCUT2D eigenvalue weighted by atomic mass is 9.91. The maximum absolute atomic E-state index is 3.95. The average molecular weight is 548 g/mol. The Hall–Kier alpha value is -4.32. The van der Waals surface area contributed by atoms with Gasteiger partial charge < -0.3 is 0 Å². The normalized spacial score (nSPS) is 19.2. The highest BCUT2D eigenvalue weighted by atomic mass is 32.1. The van der Waals surface area contributed by atoms with E-state index in [-0.39, 0.29) is 18.5 Å². The highest BCUT2D eigenvalue weighted by molar-refractivity contribution is 7.25. The van der Waals surface area contributed by atoms with Crippen LogP contribution < -0.4 is 16.0 Å². The summed E-state index contributed by atoms with van der Waals surface area (Å²) in [6.45, 7) is 0. The van der Waals surface area contributed by atoms with E-state index in [0.29, 0.717) is 0 Å². The summed E-state index contributed by atoms with van der Waals surface area (Å²) in [5.41, 5.74) is 6.17. The van der Waals surface area contributed by atoms with E-state index in [1.54, 1.807) is 0 Å². The lowest BCUT2D eigenvalue weighted by Crippen LogP contribution is -2.54. The van der Waals surface area contributed by atoms with Crippen LogP contribution in [0.2, 0.25) is 0 Å². The Bertz CT molecular complexity index is 2000. The van der Waals surface area contributed by atoms with Crippen LogP contribution in [0.25, 0.3) is 42.1 Å². The van der Waals surface area contributed by atoms with Crippen LogP contribution in [0, 0.1) is 0 Å². The summed E-state index contributed by atoms with van der Waals surface area (Å²) in [5, 5.41) is 16.9. The molecule has 0 amide bonds. The predicted molar refractivity (Wildman–Crippen MR) is 173 cm³/mol. The van der Waals surface area contributed by atoms with Crippen molar-refractivity contribution in [3.05, 3.63) is 156 Å². The zero-order valence-electron chi connectivity index (χ0n) is 22.4. The zero-order valence-corrected chi connectivity index (χ0v) is 23.2. The molecule has 3 atom stereocenters. The Morgan fingerprint density at radius 1 is 0.439 bits per heavy atom. The Kier molecular flexibility index (Phi) is 6.12. The standard InChI is InChI=1S/C37H29N3S/c1-3-12-25(13-4-1)34-28-16-8-7-11-24(28)19-21-30(34)37-39-35(26-14-5-2-6-15-26)38-36(40-37)27-20-22-33-31(23-27)29-17-9-10-18-32(29)41-33/h1-23,35-40H. The molecular weight excluding hydrogens is 518 g/mol. The largest absolute Gasteiger partial charge is 0.279 e. The molecule has 6 aromatic carbocycles. The third-order valence-corrected chi connectivity index (χ3v) is 9.35. The van der Waals surface area contributed by atoms with E-state index >= 15 is 0 Å². The van der Waals surface area contributed by atoms with Crippen molar-refractivity contribution in [1.82, 2.24) is 16.0 Å². The van der Waals surface area contributed by atoms with Crippen molar-refractivity contribution in [3.63, 3.8) is 0 Å². The second kappa shape index (κ2) is 10.3. The van der Waals surface area contributed by atoms with Crippen molar-refractivity contribution in [2.24, 2.45) is 0 Å². The van der Waals surface area contributed by atoms with Crippen molar-refractivity contribution < 1.29 is 0 Å². The van der Waals surface area contributed by atoms with Gasteiger partial charge in [-0.3, -0.25) is 16.0 Å². The number of nitrogens with one attached hydrogen (secondary N) is 3. The van der Waals surface area contributed by atoms with E-state index in [4.69, 9.17) is 0 Å². The number of hydrogen-bond acceptors (Lipinski definition) is 4.